The summed E-state index contributed by atoms with van der Waals surface area (Å²) in [5.41, 5.74) is 2.15. The van der Waals surface area contributed by atoms with E-state index in [1.54, 1.807) is 0 Å². The molecule has 21 heavy (non-hydrogen) atoms. The van der Waals surface area contributed by atoms with E-state index >= 15 is 0 Å². The highest BCUT2D eigenvalue weighted by atomic mass is 15.2. The molecule has 0 radical (unpaired) electrons. The largest absolute Gasteiger partial charge is 0.357 e. The van der Waals surface area contributed by atoms with Crippen molar-refractivity contribution in [3.8, 4) is 12.3 Å². The summed E-state index contributed by atoms with van der Waals surface area (Å²) in [4.78, 5) is 11.5. The van der Waals surface area contributed by atoms with Crippen LogP contribution in [0.5, 0.6) is 0 Å². The summed E-state index contributed by atoms with van der Waals surface area (Å²) in [5, 5.41) is 3.37. The maximum absolute atomic E-state index is 5.54. The molecule has 2 rings (SSSR count). The number of aromatic nitrogens is 2. The molecule has 1 N–H and O–H groups in total. The number of nitrogens with one attached hydrogen (secondary N) is 1. The van der Waals surface area contributed by atoms with Crippen LogP contribution in [0.25, 0.3) is 0 Å². The summed E-state index contributed by atoms with van der Waals surface area (Å²) in [6.07, 6.45) is 10.1. The van der Waals surface area contributed by atoms with Crippen molar-refractivity contribution in [3.63, 3.8) is 0 Å². The summed E-state index contributed by atoms with van der Waals surface area (Å²) in [6, 6.07) is 0. The van der Waals surface area contributed by atoms with Crippen LogP contribution in [0.3, 0.4) is 0 Å². The van der Waals surface area contributed by atoms with Crippen molar-refractivity contribution >= 4 is 5.69 Å². The van der Waals surface area contributed by atoms with Gasteiger partial charge in [-0.1, -0.05) is 26.7 Å². The maximum Gasteiger partial charge on any atom is 0.131 e. The summed E-state index contributed by atoms with van der Waals surface area (Å²) in [7, 11) is 0. The van der Waals surface area contributed by atoms with E-state index in [1.165, 1.54) is 12.8 Å². The quantitative estimate of drug-likeness (QED) is 0.746. The van der Waals surface area contributed by atoms with Crippen molar-refractivity contribution in [2.45, 2.75) is 46.1 Å². The SMILES string of the molecule is C#CCN(CC1CC1)c1cnc(C(C)C)nc1CNCC. The van der Waals surface area contributed by atoms with Gasteiger partial charge in [0.2, 0.25) is 0 Å². The molecule has 1 heterocycles. The van der Waals surface area contributed by atoms with Crippen molar-refractivity contribution in [1.82, 2.24) is 15.3 Å². The number of anilines is 1. The molecule has 1 aromatic rings. The molecule has 1 aliphatic carbocycles. The third kappa shape index (κ3) is 4.44. The second kappa shape index (κ2) is 7.42. The molecular weight excluding hydrogens is 260 g/mol. The molecule has 1 aliphatic rings. The maximum atomic E-state index is 5.54. The fraction of sp³-hybridized carbons (Fsp3) is 0.647. The molecule has 4 heteroatoms. The molecular formula is C17H26N4. The van der Waals surface area contributed by atoms with Crippen LogP contribution < -0.4 is 10.2 Å². The van der Waals surface area contributed by atoms with Crippen LogP contribution in [0.15, 0.2) is 6.20 Å². The number of terminal acetylenes is 1. The second-order valence-electron chi connectivity index (χ2n) is 6.02. The van der Waals surface area contributed by atoms with Crippen molar-refractivity contribution in [1.29, 1.82) is 0 Å². The molecule has 0 aromatic carbocycles. The lowest BCUT2D eigenvalue weighted by molar-refractivity contribution is 0.675. The first-order valence-electron chi connectivity index (χ1n) is 7.90. The number of hydrogen-bond acceptors (Lipinski definition) is 4. The number of hydrogen-bond donors (Lipinski definition) is 1. The van der Waals surface area contributed by atoms with Crippen molar-refractivity contribution in [2.75, 3.05) is 24.5 Å². The zero-order valence-electron chi connectivity index (χ0n) is 13.4. The van der Waals surface area contributed by atoms with Gasteiger partial charge in [0.1, 0.15) is 5.82 Å². The average Bonchev–Trinajstić information content (AvgIpc) is 3.28. The Morgan fingerprint density at radius 1 is 1.48 bits per heavy atom. The fourth-order valence-corrected chi connectivity index (χ4v) is 2.31. The first-order valence-corrected chi connectivity index (χ1v) is 7.90. The summed E-state index contributed by atoms with van der Waals surface area (Å²) >= 11 is 0. The normalized spacial score (nSPS) is 14.2. The molecule has 0 amide bonds. The third-order valence-corrected chi connectivity index (χ3v) is 3.72. The van der Waals surface area contributed by atoms with Crippen LogP contribution in [-0.2, 0) is 6.54 Å². The van der Waals surface area contributed by atoms with E-state index in [1.807, 2.05) is 6.20 Å². The lowest BCUT2D eigenvalue weighted by Gasteiger charge is -2.25. The van der Waals surface area contributed by atoms with Crippen LogP contribution in [0.1, 0.15) is 51.0 Å². The van der Waals surface area contributed by atoms with Crippen molar-refractivity contribution in [3.05, 3.63) is 17.7 Å². The Kier molecular flexibility index (Phi) is 5.58. The standard InChI is InChI=1S/C17H26N4/c1-5-9-21(12-14-7-8-14)16-11-19-17(13(3)4)20-15(16)10-18-6-2/h1,11,13-14,18H,6-10,12H2,2-4H3. The predicted molar refractivity (Wildman–Crippen MR) is 87.3 cm³/mol. The van der Waals surface area contributed by atoms with Gasteiger partial charge < -0.3 is 10.2 Å². The lowest BCUT2D eigenvalue weighted by Crippen LogP contribution is -2.29. The zero-order chi connectivity index (χ0) is 15.2. The number of nitrogens with zero attached hydrogens (tertiary/aromatic N) is 3. The summed E-state index contributed by atoms with van der Waals surface area (Å²) in [6.45, 7) is 9.68. The summed E-state index contributed by atoms with van der Waals surface area (Å²) < 4.78 is 0. The highest BCUT2D eigenvalue weighted by Crippen LogP contribution is 2.32. The highest BCUT2D eigenvalue weighted by molar-refractivity contribution is 5.50. The molecule has 0 atom stereocenters. The molecule has 114 valence electrons. The fourth-order valence-electron chi connectivity index (χ4n) is 2.31. The van der Waals surface area contributed by atoms with E-state index in [0.29, 0.717) is 12.5 Å². The Labute approximate surface area is 128 Å². The second-order valence-corrected chi connectivity index (χ2v) is 6.02. The Balaban J connectivity index is 2.26. The van der Waals surface area contributed by atoms with Gasteiger partial charge in [0.15, 0.2) is 0 Å². The van der Waals surface area contributed by atoms with Gasteiger partial charge in [0, 0.05) is 19.0 Å². The van der Waals surface area contributed by atoms with E-state index in [-0.39, 0.29) is 0 Å². The van der Waals surface area contributed by atoms with Crippen molar-refractivity contribution < 1.29 is 0 Å². The molecule has 1 aromatic heterocycles. The molecule has 0 aliphatic heterocycles. The minimum absolute atomic E-state index is 0.337. The Bertz CT molecular complexity index is 500. The minimum Gasteiger partial charge on any atom is -0.357 e. The first kappa shape index (κ1) is 15.8. The van der Waals surface area contributed by atoms with E-state index < -0.39 is 0 Å². The Morgan fingerprint density at radius 3 is 2.81 bits per heavy atom. The van der Waals surface area contributed by atoms with E-state index in [9.17, 15) is 0 Å². The molecule has 4 nitrogen and oxygen atoms in total. The zero-order valence-corrected chi connectivity index (χ0v) is 13.4. The molecule has 1 saturated carbocycles. The van der Waals surface area contributed by atoms with Gasteiger partial charge in [0.05, 0.1) is 24.1 Å². The van der Waals surface area contributed by atoms with Crippen LogP contribution >= 0.6 is 0 Å². The van der Waals surface area contributed by atoms with Gasteiger partial charge in [-0.3, -0.25) is 0 Å². The molecule has 0 bridgehead atoms. The van der Waals surface area contributed by atoms with Crippen LogP contribution in [0.2, 0.25) is 0 Å². The average molecular weight is 286 g/mol. The highest BCUT2D eigenvalue weighted by Gasteiger charge is 2.25. The van der Waals surface area contributed by atoms with Gasteiger partial charge in [-0.05, 0) is 25.3 Å². The van der Waals surface area contributed by atoms with E-state index in [0.717, 1.165) is 42.8 Å². The van der Waals surface area contributed by atoms with Crippen molar-refractivity contribution in [2.24, 2.45) is 5.92 Å². The van der Waals surface area contributed by atoms with Crippen LogP contribution in [-0.4, -0.2) is 29.6 Å². The molecule has 1 fully saturated rings. The smallest absolute Gasteiger partial charge is 0.131 e. The molecule has 0 unspecified atom stereocenters. The Hall–Kier alpha value is -1.60. The van der Waals surface area contributed by atoms with E-state index in [4.69, 9.17) is 11.4 Å². The summed E-state index contributed by atoms with van der Waals surface area (Å²) in [5.74, 6) is 4.80. The topological polar surface area (TPSA) is 41.1 Å². The third-order valence-electron chi connectivity index (χ3n) is 3.72. The van der Waals surface area contributed by atoms with Gasteiger partial charge in [-0.25, -0.2) is 9.97 Å². The monoisotopic (exact) mass is 286 g/mol. The van der Waals surface area contributed by atoms with Gasteiger partial charge in [-0.15, -0.1) is 6.42 Å². The Morgan fingerprint density at radius 2 is 2.24 bits per heavy atom. The molecule has 0 saturated heterocycles. The minimum atomic E-state index is 0.337. The van der Waals surface area contributed by atoms with Crippen LogP contribution in [0, 0.1) is 18.3 Å². The molecule has 0 spiro atoms. The van der Waals surface area contributed by atoms with Crippen LogP contribution in [0.4, 0.5) is 5.69 Å². The van der Waals surface area contributed by atoms with Gasteiger partial charge in [-0.2, -0.15) is 0 Å². The predicted octanol–water partition coefficient (Wildman–Crippen LogP) is 2.56. The van der Waals surface area contributed by atoms with Gasteiger partial charge >= 0.3 is 0 Å². The number of rotatable bonds is 8. The van der Waals surface area contributed by atoms with Gasteiger partial charge in [0.25, 0.3) is 0 Å². The van der Waals surface area contributed by atoms with E-state index in [2.05, 4.69) is 41.9 Å². The lowest BCUT2D eigenvalue weighted by atomic mass is 10.2. The first-order chi connectivity index (χ1) is 10.2.